The van der Waals surface area contributed by atoms with Crippen LogP contribution in [0, 0.1) is 5.92 Å². The van der Waals surface area contributed by atoms with Crippen LogP contribution in [0.4, 0.5) is 0 Å². The summed E-state index contributed by atoms with van der Waals surface area (Å²) < 4.78 is 47.7. The molecule has 0 amide bonds. The Labute approximate surface area is 360 Å². The van der Waals surface area contributed by atoms with Gasteiger partial charge >= 0.3 is 27.6 Å². The van der Waals surface area contributed by atoms with Gasteiger partial charge in [0.2, 0.25) is 0 Å². The summed E-state index contributed by atoms with van der Waals surface area (Å²) in [5.74, 6) is -0.357. The lowest BCUT2D eigenvalue weighted by atomic mass is 10.0. The largest absolute Gasteiger partial charge is 0.472 e. The fraction of sp³-hybridized carbons (Fsp3) is 0.727. The van der Waals surface area contributed by atoms with E-state index in [2.05, 4.69) is 42.0 Å². The minimum absolute atomic E-state index is 0.0836. The molecule has 0 aliphatic carbocycles. The van der Waals surface area contributed by atoms with E-state index in [4.69, 9.17) is 23.8 Å². The van der Waals surface area contributed by atoms with E-state index < -0.39 is 72.3 Å². The molecular formula is C44H78O14P2. The first-order valence-electron chi connectivity index (χ1n) is 21.9. The van der Waals surface area contributed by atoms with E-state index in [0.717, 1.165) is 44.4 Å². The zero-order valence-electron chi connectivity index (χ0n) is 36.6. The molecule has 0 saturated carbocycles. The van der Waals surface area contributed by atoms with Gasteiger partial charge in [-0.25, -0.2) is 9.13 Å². The molecular weight excluding hydrogens is 814 g/mol. The van der Waals surface area contributed by atoms with Crippen LogP contribution in [0.5, 0.6) is 0 Å². The van der Waals surface area contributed by atoms with Crippen molar-refractivity contribution in [3.63, 3.8) is 0 Å². The number of carbonyl (C=O) groups excluding carboxylic acids is 2. The standard InChI is InChI=1S/C44H78O14P2/c1-4-5-6-7-21-26-31-40(45)32-27-22-17-14-15-18-23-28-33-43(47)54-37-42(38-57-60(52,53)56-36-41(46)35-55-59(49,50)51)58-44(48)34-29-24-19-13-11-9-8-10-12-16-20-25-30-39(2)3/h5-6,15,17-18,21-22,26-27,32,39-42,45-46H,4,7-14,16,19-20,23-25,28-31,33-38H2,1-3H3,(H,52,53)(H2,49,50,51)/b6-5-,18-15-,22-17-,26-21-,32-27+/t40?,41-,42+/m0/s1. The van der Waals surface area contributed by atoms with Gasteiger partial charge < -0.3 is 34.4 Å². The van der Waals surface area contributed by atoms with Crippen LogP contribution >= 0.6 is 15.6 Å². The maximum Gasteiger partial charge on any atom is 0.472 e. The quantitative estimate of drug-likeness (QED) is 0.0127. The second-order valence-electron chi connectivity index (χ2n) is 15.3. The predicted octanol–water partition coefficient (Wildman–Crippen LogP) is 10.1. The van der Waals surface area contributed by atoms with Crippen molar-refractivity contribution in [1.82, 2.24) is 0 Å². The molecule has 0 aliphatic heterocycles. The summed E-state index contributed by atoms with van der Waals surface area (Å²) in [5.41, 5.74) is 0. The average molecular weight is 893 g/mol. The lowest BCUT2D eigenvalue weighted by Gasteiger charge is -2.20. The number of aliphatic hydroxyl groups excluding tert-OH is 2. The number of esters is 2. The average Bonchev–Trinajstić information content (AvgIpc) is 3.19. The monoisotopic (exact) mass is 892 g/mol. The minimum Gasteiger partial charge on any atom is -0.462 e. The van der Waals surface area contributed by atoms with Crippen LogP contribution in [0.2, 0.25) is 0 Å². The fourth-order valence-electron chi connectivity index (χ4n) is 5.59. The normalized spacial score (nSPS) is 15.2. The van der Waals surface area contributed by atoms with Crippen molar-refractivity contribution in [2.24, 2.45) is 5.92 Å². The molecule has 0 fully saturated rings. The van der Waals surface area contributed by atoms with Crippen LogP contribution in [-0.4, -0.2) is 81.6 Å². The summed E-state index contributed by atoms with van der Waals surface area (Å²) in [7, 11) is -9.71. The third kappa shape index (κ3) is 42.5. The number of aliphatic hydroxyl groups is 2. The molecule has 0 rings (SSSR count). The van der Waals surface area contributed by atoms with Crippen LogP contribution in [0.3, 0.4) is 0 Å². The number of phosphoric ester groups is 2. The zero-order valence-corrected chi connectivity index (χ0v) is 38.4. The molecule has 0 aromatic carbocycles. The molecule has 0 spiro atoms. The van der Waals surface area contributed by atoms with Gasteiger partial charge in [-0.05, 0) is 50.9 Å². The highest BCUT2D eigenvalue weighted by Crippen LogP contribution is 2.43. The van der Waals surface area contributed by atoms with E-state index in [0.29, 0.717) is 32.1 Å². The van der Waals surface area contributed by atoms with E-state index in [1.165, 1.54) is 51.4 Å². The summed E-state index contributed by atoms with van der Waals surface area (Å²) >= 11 is 0. The van der Waals surface area contributed by atoms with Crippen LogP contribution in [0.25, 0.3) is 0 Å². The van der Waals surface area contributed by atoms with Gasteiger partial charge in [0.25, 0.3) is 0 Å². The van der Waals surface area contributed by atoms with Gasteiger partial charge in [0.05, 0.1) is 25.9 Å². The van der Waals surface area contributed by atoms with Crippen molar-refractivity contribution in [1.29, 1.82) is 0 Å². The number of carbonyl (C=O) groups is 2. The van der Waals surface area contributed by atoms with E-state index in [-0.39, 0.29) is 12.8 Å². The van der Waals surface area contributed by atoms with Crippen LogP contribution < -0.4 is 0 Å². The number of allylic oxidation sites excluding steroid dienone is 8. The summed E-state index contributed by atoms with van der Waals surface area (Å²) in [6.45, 7) is 3.80. The number of unbranched alkanes of at least 4 members (excludes halogenated alkanes) is 12. The predicted molar refractivity (Wildman–Crippen MR) is 236 cm³/mol. The van der Waals surface area contributed by atoms with Gasteiger partial charge in [-0.1, -0.05) is 159 Å². The zero-order chi connectivity index (χ0) is 44.7. The molecule has 0 heterocycles. The lowest BCUT2D eigenvalue weighted by Crippen LogP contribution is -2.30. The van der Waals surface area contributed by atoms with Crippen LogP contribution in [0.15, 0.2) is 60.8 Å². The highest BCUT2D eigenvalue weighted by molar-refractivity contribution is 7.47. The number of ether oxygens (including phenoxy) is 2. The van der Waals surface area contributed by atoms with E-state index in [9.17, 15) is 33.8 Å². The molecule has 0 saturated heterocycles. The molecule has 0 aliphatic rings. The lowest BCUT2D eigenvalue weighted by molar-refractivity contribution is -0.161. The molecule has 0 aromatic heterocycles. The number of rotatable bonds is 40. The third-order valence-electron chi connectivity index (χ3n) is 8.92. The fourth-order valence-corrected chi connectivity index (χ4v) is 6.75. The van der Waals surface area contributed by atoms with Gasteiger partial charge in [-0.2, -0.15) is 0 Å². The summed E-state index contributed by atoms with van der Waals surface area (Å²) in [4.78, 5) is 52.7. The van der Waals surface area contributed by atoms with Gasteiger partial charge in [0.1, 0.15) is 12.7 Å². The number of hydrogen-bond acceptors (Lipinski definition) is 11. The van der Waals surface area contributed by atoms with Crippen LogP contribution in [0.1, 0.15) is 156 Å². The van der Waals surface area contributed by atoms with Crippen molar-refractivity contribution in [3.05, 3.63) is 60.8 Å². The van der Waals surface area contributed by atoms with Crippen molar-refractivity contribution in [3.8, 4) is 0 Å². The minimum atomic E-state index is -4.88. The molecule has 5 N–H and O–H groups in total. The molecule has 0 radical (unpaired) electrons. The van der Waals surface area contributed by atoms with Gasteiger partial charge in [-0.3, -0.25) is 23.2 Å². The SMILES string of the molecule is CC/C=C\C/C=C\CC(O)/C=C/C=C\C/C=C\CCCC(=O)OC[C@H](COP(=O)(O)OC[C@@H](O)COP(=O)(O)O)OC(=O)CCCCCCCCCCCCCCC(C)C. The molecule has 2 unspecified atom stereocenters. The summed E-state index contributed by atoms with van der Waals surface area (Å²) in [6.07, 6.45) is 35.4. The molecule has 16 heteroatoms. The Morgan fingerprint density at radius 2 is 1.15 bits per heavy atom. The topological polar surface area (TPSA) is 216 Å². The first-order chi connectivity index (χ1) is 28.6. The Hall–Kier alpha value is -2.22. The summed E-state index contributed by atoms with van der Waals surface area (Å²) in [5, 5.41) is 19.8. The Morgan fingerprint density at radius 3 is 1.78 bits per heavy atom. The smallest absolute Gasteiger partial charge is 0.462 e. The summed E-state index contributed by atoms with van der Waals surface area (Å²) in [6, 6.07) is 0. The van der Waals surface area contributed by atoms with Crippen LogP contribution in [-0.2, 0) is 41.8 Å². The highest BCUT2D eigenvalue weighted by Gasteiger charge is 2.28. The first-order valence-corrected chi connectivity index (χ1v) is 25.0. The Kier molecular flexibility index (Phi) is 37.0. The van der Waals surface area contributed by atoms with Crippen molar-refractivity contribution >= 4 is 27.6 Å². The molecule has 0 aromatic rings. The Balaban J connectivity index is 4.66. The molecule has 60 heavy (non-hydrogen) atoms. The Morgan fingerprint density at radius 1 is 0.600 bits per heavy atom. The van der Waals surface area contributed by atoms with Gasteiger partial charge in [0, 0.05) is 12.8 Å². The van der Waals surface area contributed by atoms with Gasteiger partial charge in [-0.15, -0.1) is 0 Å². The number of hydrogen-bond donors (Lipinski definition) is 5. The van der Waals surface area contributed by atoms with Gasteiger partial charge in [0.15, 0.2) is 6.10 Å². The first kappa shape index (κ1) is 57.8. The second-order valence-corrected chi connectivity index (χ2v) is 18.0. The molecule has 4 atom stereocenters. The van der Waals surface area contributed by atoms with Crippen molar-refractivity contribution < 1.29 is 66.7 Å². The van der Waals surface area contributed by atoms with E-state index >= 15 is 0 Å². The van der Waals surface area contributed by atoms with Crippen molar-refractivity contribution in [2.75, 3.05) is 26.4 Å². The Bertz CT molecular complexity index is 1320. The molecule has 0 bridgehead atoms. The maximum atomic E-state index is 12.7. The van der Waals surface area contributed by atoms with Crippen molar-refractivity contribution in [2.45, 2.75) is 174 Å². The third-order valence-corrected chi connectivity index (χ3v) is 10.4. The highest BCUT2D eigenvalue weighted by atomic mass is 31.2. The molecule has 14 nitrogen and oxygen atoms in total. The van der Waals surface area contributed by atoms with E-state index in [1.807, 2.05) is 36.5 Å². The van der Waals surface area contributed by atoms with E-state index in [1.54, 1.807) is 12.2 Å². The molecule has 348 valence electrons. The number of phosphoric acid groups is 2. The second kappa shape index (κ2) is 38.5. The maximum absolute atomic E-state index is 12.7.